The Bertz CT molecular complexity index is 301. The van der Waals surface area contributed by atoms with E-state index in [1.54, 1.807) is 18.6 Å². The van der Waals surface area contributed by atoms with Crippen molar-refractivity contribution in [1.82, 2.24) is 9.44 Å². The highest BCUT2D eigenvalue weighted by molar-refractivity contribution is 7.88. The molecule has 3 N–H and O–H groups in total. The van der Waals surface area contributed by atoms with Gasteiger partial charge >= 0.3 is 16.3 Å². The second-order valence-corrected chi connectivity index (χ2v) is 4.65. The molecule has 8 heteroatoms. The van der Waals surface area contributed by atoms with Crippen LogP contribution in [0, 0.1) is 0 Å². The van der Waals surface area contributed by atoms with Crippen LogP contribution >= 0.6 is 0 Å². The molecule has 0 aliphatic carbocycles. The van der Waals surface area contributed by atoms with Crippen molar-refractivity contribution in [1.29, 1.82) is 0 Å². The first-order chi connectivity index (χ1) is 6.76. The van der Waals surface area contributed by atoms with Gasteiger partial charge in [-0.25, -0.2) is 9.52 Å². The van der Waals surface area contributed by atoms with Crippen LogP contribution < -0.4 is 9.44 Å². The fraction of sp³-hybridized carbons (Fsp3) is 0.857. The molecular formula is C7H16N2O5S. The molecule has 7 nitrogen and oxygen atoms in total. The highest BCUT2D eigenvalue weighted by atomic mass is 32.2. The lowest BCUT2D eigenvalue weighted by atomic mass is 10.2. The van der Waals surface area contributed by atoms with E-state index in [1.807, 2.05) is 0 Å². The Kier molecular flexibility index (Phi) is 5.55. The molecule has 2 unspecified atom stereocenters. The van der Waals surface area contributed by atoms with Gasteiger partial charge in [-0.2, -0.15) is 13.1 Å². The molecule has 0 aliphatic heterocycles. The zero-order valence-corrected chi connectivity index (χ0v) is 9.67. The first-order valence-corrected chi connectivity index (χ1v) is 5.81. The predicted molar refractivity (Wildman–Crippen MR) is 53.4 cm³/mol. The standard InChI is InChI=1S/C7H16N2O5S/c1-5(4-6(2)10)8-15(12,13)9-7(11)14-3/h5-6,8,10H,4H2,1-3H3,(H,9,11). The minimum atomic E-state index is -3.92. The summed E-state index contributed by atoms with van der Waals surface area (Å²) in [6, 6.07) is -0.479. The van der Waals surface area contributed by atoms with Crippen LogP contribution in [0.25, 0.3) is 0 Å². The average molecular weight is 240 g/mol. The van der Waals surface area contributed by atoms with Gasteiger partial charge in [-0.15, -0.1) is 0 Å². The number of methoxy groups -OCH3 is 1. The van der Waals surface area contributed by atoms with Gasteiger partial charge in [0.05, 0.1) is 13.2 Å². The number of nitrogens with one attached hydrogen (secondary N) is 2. The van der Waals surface area contributed by atoms with Crippen molar-refractivity contribution in [2.24, 2.45) is 0 Å². The van der Waals surface area contributed by atoms with Crippen LogP contribution in [-0.2, 0) is 14.9 Å². The Balaban J connectivity index is 4.20. The third-order valence-corrected chi connectivity index (χ3v) is 2.60. The van der Waals surface area contributed by atoms with E-state index in [-0.39, 0.29) is 6.42 Å². The number of aliphatic hydroxyl groups excluding tert-OH is 1. The minimum Gasteiger partial charge on any atom is -0.452 e. The summed E-state index contributed by atoms with van der Waals surface area (Å²) >= 11 is 0. The van der Waals surface area contributed by atoms with E-state index in [0.717, 1.165) is 7.11 Å². The molecule has 0 saturated carbocycles. The summed E-state index contributed by atoms with van der Waals surface area (Å²) in [5.41, 5.74) is 0. The number of carbonyl (C=O) groups excluding carboxylic acids is 1. The van der Waals surface area contributed by atoms with Crippen molar-refractivity contribution in [3.8, 4) is 0 Å². The molecule has 0 aromatic heterocycles. The SMILES string of the molecule is COC(=O)NS(=O)(=O)NC(C)CC(C)O. The summed E-state index contributed by atoms with van der Waals surface area (Å²) in [7, 11) is -2.86. The van der Waals surface area contributed by atoms with Crippen molar-refractivity contribution in [3.05, 3.63) is 0 Å². The van der Waals surface area contributed by atoms with E-state index in [2.05, 4.69) is 9.46 Å². The maximum absolute atomic E-state index is 11.2. The van der Waals surface area contributed by atoms with Crippen LogP contribution in [0.4, 0.5) is 4.79 Å². The third kappa shape index (κ3) is 7.11. The first kappa shape index (κ1) is 14.1. The summed E-state index contributed by atoms with van der Waals surface area (Å²) in [5.74, 6) is 0. The van der Waals surface area contributed by atoms with Gasteiger partial charge in [0.25, 0.3) is 0 Å². The van der Waals surface area contributed by atoms with Crippen molar-refractivity contribution in [2.75, 3.05) is 7.11 Å². The first-order valence-electron chi connectivity index (χ1n) is 4.33. The van der Waals surface area contributed by atoms with E-state index in [0.29, 0.717) is 0 Å². The fourth-order valence-electron chi connectivity index (χ4n) is 1.01. The van der Waals surface area contributed by atoms with Crippen LogP contribution in [0.5, 0.6) is 0 Å². The van der Waals surface area contributed by atoms with Crippen LogP contribution in [0.2, 0.25) is 0 Å². The number of carbonyl (C=O) groups is 1. The molecule has 0 radical (unpaired) electrons. The summed E-state index contributed by atoms with van der Waals surface area (Å²) in [4.78, 5) is 10.6. The van der Waals surface area contributed by atoms with Gasteiger partial charge < -0.3 is 9.84 Å². The second-order valence-electron chi connectivity index (χ2n) is 3.20. The Hall–Kier alpha value is -0.860. The van der Waals surface area contributed by atoms with Crippen LogP contribution in [0.1, 0.15) is 20.3 Å². The molecule has 0 spiro atoms. The molecular weight excluding hydrogens is 224 g/mol. The van der Waals surface area contributed by atoms with Crippen molar-refractivity contribution in [2.45, 2.75) is 32.4 Å². The molecule has 0 bridgehead atoms. The number of rotatable bonds is 5. The molecule has 1 amide bonds. The molecule has 0 heterocycles. The van der Waals surface area contributed by atoms with E-state index in [9.17, 15) is 13.2 Å². The van der Waals surface area contributed by atoms with Crippen LogP contribution in [0.3, 0.4) is 0 Å². The molecule has 90 valence electrons. The molecule has 0 aromatic carbocycles. The van der Waals surface area contributed by atoms with Gasteiger partial charge in [0.1, 0.15) is 0 Å². The monoisotopic (exact) mass is 240 g/mol. The lowest BCUT2D eigenvalue weighted by Crippen LogP contribution is -2.44. The van der Waals surface area contributed by atoms with Crippen LogP contribution in [-0.4, -0.2) is 38.9 Å². The zero-order valence-electron chi connectivity index (χ0n) is 8.85. The molecule has 2 atom stereocenters. The molecule has 0 saturated heterocycles. The van der Waals surface area contributed by atoms with Gasteiger partial charge in [-0.1, -0.05) is 0 Å². The summed E-state index contributed by atoms with van der Waals surface area (Å²) in [6.07, 6.45) is -1.44. The maximum Gasteiger partial charge on any atom is 0.421 e. The summed E-state index contributed by atoms with van der Waals surface area (Å²) in [6.45, 7) is 3.11. The Morgan fingerprint density at radius 1 is 1.47 bits per heavy atom. The van der Waals surface area contributed by atoms with Gasteiger partial charge in [0.2, 0.25) is 0 Å². The van der Waals surface area contributed by atoms with Gasteiger partial charge in [0, 0.05) is 6.04 Å². The number of ether oxygens (including phenoxy) is 1. The number of hydrogen-bond acceptors (Lipinski definition) is 5. The molecule has 0 rings (SSSR count). The highest BCUT2D eigenvalue weighted by Gasteiger charge is 2.18. The Labute approximate surface area is 89.0 Å². The quantitative estimate of drug-likeness (QED) is 0.591. The Morgan fingerprint density at radius 2 is 2.00 bits per heavy atom. The van der Waals surface area contributed by atoms with E-state index < -0.39 is 28.4 Å². The van der Waals surface area contributed by atoms with Crippen molar-refractivity contribution >= 4 is 16.3 Å². The molecule has 0 fully saturated rings. The van der Waals surface area contributed by atoms with E-state index >= 15 is 0 Å². The third-order valence-electron chi connectivity index (χ3n) is 1.45. The zero-order chi connectivity index (χ0) is 12.1. The van der Waals surface area contributed by atoms with E-state index in [1.165, 1.54) is 0 Å². The van der Waals surface area contributed by atoms with E-state index in [4.69, 9.17) is 5.11 Å². The number of hydrogen-bond donors (Lipinski definition) is 3. The van der Waals surface area contributed by atoms with Gasteiger partial charge in [-0.3, -0.25) is 0 Å². The summed E-state index contributed by atoms with van der Waals surface area (Å²) in [5, 5.41) is 9.00. The van der Waals surface area contributed by atoms with Crippen molar-refractivity contribution in [3.63, 3.8) is 0 Å². The predicted octanol–water partition coefficient (Wildman–Crippen LogP) is -0.664. The van der Waals surface area contributed by atoms with Gasteiger partial charge in [-0.05, 0) is 20.3 Å². The number of amides is 1. The maximum atomic E-state index is 11.2. The topological polar surface area (TPSA) is 105 Å². The largest absolute Gasteiger partial charge is 0.452 e. The van der Waals surface area contributed by atoms with Crippen LogP contribution in [0.15, 0.2) is 0 Å². The molecule has 0 aliphatic rings. The van der Waals surface area contributed by atoms with Crippen molar-refractivity contribution < 1.29 is 23.1 Å². The normalized spacial score (nSPS) is 15.5. The minimum absolute atomic E-state index is 0.252. The summed E-state index contributed by atoms with van der Waals surface area (Å²) < 4.78 is 30.3. The lowest BCUT2D eigenvalue weighted by Gasteiger charge is -2.15. The molecule has 15 heavy (non-hydrogen) atoms. The highest BCUT2D eigenvalue weighted by Crippen LogP contribution is 1.97. The second kappa shape index (κ2) is 5.89. The Morgan fingerprint density at radius 3 is 2.40 bits per heavy atom. The molecule has 0 aromatic rings. The number of aliphatic hydroxyl groups is 1. The smallest absolute Gasteiger partial charge is 0.421 e. The lowest BCUT2D eigenvalue weighted by molar-refractivity contribution is 0.174. The fourth-order valence-corrected chi connectivity index (χ4v) is 1.99. The van der Waals surface area contributed by atoms with Gasteiger partial charge in [0.15, 0.2) is 0 Å². The average Bonchev–Trinajstić information content (AvgIpc) is 1.99.